The molecule has 21 heavy (non-hydrogen) atoms. The molecule has 3 nitrogen and oxygen atoms in total. The van der Waals surface area contributed by atoms with E-state index in [0.29, 0.717) is 22.5 Å². The van der Waals surface area contributed by atoms with Crippen LogP contribution < -0.4 is 10.6 Å². The van der Waals surface area contributed by atoms with Gasteiger partial charge in [-0.15, -0.1) is 0 Å². The molecule has 3 rings (SSSR count). The molecule has 2 N–H and O–H groups in total. The highest BCUT2D eigenvalue weighted by Gasteiger charge is 2.30. The number of anilines is 1. The summed E-state index contributed by atoms with van der Waals surface area (Å²) in [5.74, 6) is 0.0900. The van der Waals surface area contributed by atoms with E-state index in [1.807, 2.05) is 11.0 Å². The highest BCUT2D eigenvalue weighted by atomic mass is 35.5. The van der Waals surface area contributed by atoms with Gasteiger partial charge in [-0.1, -0.05) is 29.3 Å². The summed E-state index contributed by atoms with van der Waals surface area (Å²) >= 11 is 12.2. The third-order valence-electron chi connectivity index (χ3n) is 3.41. The van der Waals surface area contributed by atoms with Crippen LogP contribution in [0.15, 0.2) is 47.5 Å². The van der Waals surface area contributed by atoms with E-state index in [1.54, 1.807) is 24.3 Å². The molecule has 0 saturated carbocycles. The van der Waals surface area contributed by atoms with Crippen molar-refractivity contribution >= 4 is 34.8 Å². The first kappa shape index (κ1) is 14.2. The number of hydrogen-bond acceptors (Lipinski definition) is 3. The number of hydrogen-bond donors (Lipinski definition) is 1. The monoisotopic (exact) mass is 323 g/mol. The molecule has 0 saturated heterocycles. The minimum Gasteiger partial charge on any atom is -0.369 e. The zero-order valence-corrected chi connectivity index (χ0v) is 12.4. The average molecular weight is 324 g/mol. The molecule has 1 heterocycles. The molecule has 2 aromatic carbocycles. The van der Waals surface area contributed by atoms with Crippen LogP contribution in [-0.4, -0.2) is 12.5 Å². The van der Waals surface area contributed by atoms with Crippen molar-refractivity contribution in [2.45, 2.75) is 6.04 Å². The molecular formula is C15H12Cl2FN3. The summed E-state index contributed by atoms with van der Waals surface area (Å²) in [5, 5.41) is 1.13. The van der Waals surface area contributed by atoms with Crippen molar-refractivity contribution in [1.82, 2.24) is 0 Å². The Morgan fingerprint density at radius 2 is 1.86 bits per heavy atom. The molecule has 108 valence electrons. The summed E-state index contributed by atoms with van der Waals surface area (Å²) in [5.41, 5.74) is 7.62. The van der Waals surface area contributed by atoms with Crippen LogP contribution in [0.1, 0.15) is 11.6 Å². The zero-order valence-electron chi connectivity index (χ0n) is 10.9. The van der Waals surface area contributed by atoms with Gasteiger partial charge in [-0.2, -0.15) is 0 Å². The van der Waals surface area contributed by atoms with E-state index >= 15 is 0 Å². The van der Waals surface area contributed by atoms with Crippen molar-refractivity contribution in [3.05, 3.63) is 63.9 Å². The summed E-state index contributed by atoms with van der Waals surface area (Å²) in [4.78, 5) is 6.11. The van der Waals surface area contributed by atoms with Gasteiger partial charge in [0.1, 0.15) is 5.82 Å². The van der Waals surface area contributed by atoms with Crippen LogP contribution in [0.2, 0.25) is 10.0 Å². The number of guanidine groups is 1. The van der Waals surface area contributed by atoms with Crippen molar-refractivity contribution in [2.24, 2.45) is 10.7 Å². The third kappa shape index (κ3) is 2.69. The van der Waals surface area contributed by atoms with E-state index in [4.69, 9.17) is 28.9 Å². The maximum atomic E-state index is 13.1. The fourth-order valence-corrected chi connectivity index (χ4v) is 2.96. The van der Waals surface area contributed by atoms with Gasteiger partial charge >= 0.3 is 0 Å². The van der Waals surface area contributed by atoms with Gasteiger partial charge < -0.3 is 10.6 Å². The van der Waals surface area contributed by atoms with Crippen molar-refractivity contribution in [3.8, 4) is 0 Å². The van der Waals surface area contributed by atoms with Gasteiger partial charge in [-0.05, 0) is 42.0 Å². The molecule has 1 aliphatic rings. The van der Waals surface area contributed by atoms with Gasteiger partial charge in [-0.25, -0.2) is 4.39 Å². The molecule has 2 aromatic rings. The predicted molar refractivity (Wildman–Crippen MR) is 84.6 cm³/mol. The Labute approximate surface area is 131 Å². The lowest BCUT2D eigenvalue weighted by molar-refractivity contribution is 0.627. The van der Waals surface area contributed by atoms with Crippen LogP contribution in [0.3, 0.4) is 0 Å². The Bertz CT molecular complexity index is 701. The highest BCUT2D eigenvalue weighted by Crippen LogP contribution is 2.35. The second-order valence-electron chi connectivity index (χ2n) is 4.73. The quantitative estimate of drug-likeness (QED) is 0.907. The van der Waals surface area contributed by atoms with Crippen molar-refractivity contribution in [1.29, 1.82) is 0 Å². The van der Waals surface area contributed by atoms with Gasteiger partial charge in [0.05, 0.1) is 12.6 Å². The number of rotatable bonds is 2. The van der Waals surface area contributed by atoms with Crippen molar-refractivity contribution < 1.29 is 4.39 Å². The fourth-order valence-electron chi connectivity index (χ4n) is 2.42. The summed E-state index contributed by atoms with van der Waals surface area (Å²) < 4.78 is 13.1. The lowest BCUT2D eigenvalue weighted by Gasteiger charge is -2.27. The molecule has 0 amide bonds. The number of nitrogens with two attached hydrogens (primary N) is 1. The molecule has 6 heteroatoms. The minimum atomic E-state index is -0.297. The molecule has 0 fully saturated rings. The largest absolute Gasteiger partial charge is 0.369 e. The molecule has 1 unspecified atom stereocenters. The van der Waals surface area contributed by atoms with Crippen molar-refractivity contribution in [3.63, 3.8) is 0 Å². The minimum absolute atomic E-state index is 0.125. The lowest BCUT2D eigenvalue weighted by Crippen LogP contribution is -2.36. The van der Waals surface area contributed by atoms with E-state index in [-0.39, 0.29) is 11.9 Å². The highest BCUT2D eigenvalue weighted by molar-refractivity contribution is 6.35. The smallest absolute Gasteiger partial charge is 0.196 e. The summed E-state index contributed by atoms with van der Waals surface area (Å²) in [6, 6.07) is 11.3. The summed E-state index contributed by atoms with van der Waals surface area (Å²) in [7, 11) is 0. The number of benzene rings is 2. The Balaban J connectivity index is 2.00. The van der Waals surface area contributed by atoms with Crippen LogP contribution in [0, 0.1) is 5.82 Å². The summed E-state index contributed by atoms with van der Waals surface area (Å²) in [6.45, 7) is 0.491. The fraction of sp³-hybridized carbons (Fsp3) is 0.133. The molecule has 0 aromatic heterocycles. The maximum absolute atomic E-state index is 13.1. The van der Waals surface area contributed by atoms with E-state index in [1.165, 1.54) is 12.1 Å². The number of halogens is 3. The Hall–Kier alpha value is -1.78. The molecule has 1 atom stereocenters. The molecule has 0 spiro atoms. The van der Waals surface area contributed by atoms with Crippen molar-refractivity contribution in [2.75, 3.05) is 11.4 Å². The number of nitrogens with zero attached hydrogens (tertiary/aromatic N) is 2. The molecule has 1 aliphatic heterocycles. The van der Waals surface area contributed by atoms with Crippen LogP contribution in [0.25, 0.3) is 0 Å². The van der Waals surface area contributed by atoms with Gasteiger partial charge in [-0.3, -0.25) is 4.99 Å². The second-order valence-corrected chi connectivity index (χ2v) is 5.57. The Morgan fingerprint density at radius 1 is 1.14 bits per heavy atom. The third-order valence-corrected chi connectivity index (χ3v) is 3.97. The second kappa shape index (κ2) is 5.54. The molecular weight excluding hydrogens is 312 g/mol. The molecule has 0 bridgehead atoms. The first-order valence-electron chi connectivity index (χ1n) is 6.36. The number of aliphatic imine (C=N–C) groups is 1. The van der Waals surface area contributed by atoms with Gasteiger partial charge in [0, 0.05) is 15.7 Å². The van der Waals surface area contributed by atoms with E-state index in [2.05, 4.69) is 4.99 Å². The standard InChI is InChI=1S/C15H12Cl2FN3/c16-9-1-6-12(13(17)7-9)14-8-20-15(19)21(14)11-4-2-10(18)3-5-11/h1-7,14H,8H2,(H2,19,20). The zero-order chi connectivity index (χ0) is 15.0. The normalized spacial score (nSPS) is 18.0. The van der Waals surface area contributed by atoms with E-state index in [9.17, 15) is 4.39 Å². The SMILES string of the molecule is NC1=NCC(c2ccc(Cl)cc2Cl)N1c1ccc(F)cc1. The Kier molecular flexibility index (Phi) is 3.74. The van der Waals surface area contributed by atoms with E-state index < -0.39 is 0 Å². The first-order valence-corrected chi connectivity index (χ1v) is 7.11. The topological polar surface area (TPSA) is 41.6 Å². The van der Waals surface area contributed by atoms with Crippen LogP contribution in [-0.2, 0) is 0 Å². The van der Waals surface area contributed by atoms with Gasteiger partial charge in [0.2, 0.25) is 0 Å². The molecule has 0 aliphatic carbocycles. The van der Waals surface area contributed by atoms with Crippen LogP contribution >= 0.6 is 23.2 Å². The first-order chi connectivity index (χ1) is 10.1. The van der Waals surface area contributed by atoms with Crippen LogP contribution in [0.5, 0.6) is 0 Å². The Morgan fingerprint density at radius 3 is 2.52 bits per heavy atom. The maximum Gasteiger partial charge on any atom is 0.196 e. The molecule has 0 radical (unpaired) electrons. The average Bonchev–Trinajstić information content (AvgIpc) is 2.82. The van der Waals surface area contributed by atoms with E-state index in [0.717, 1.165) is 11.3 Å². The van der Waals surface area contributed by atoms with Gasteiger partial charge in [0.15, 0.2) is 5.96 Å². The van der Waals surface area contributed by atoms with Crippen LogP contribution in [0.4, 0.5) is 10.1 Å². The summed E-state index contributed by atoms with van der Waals surface area (Å²) in [6.07, 6.45) is 0. The predicted octanol–water partition coefficient (Wildman–Crippen LogP) is 4.01. The van der Waals surface area contributed by atoms with Gasteiger partial charge in [0.25, 0.3) is 0 Å². The lowest BCUT2D eigenvalue weighted by atomic mass is 10.1.